The first-order valence-electron chi connectivity index (χ1n) is 8.39. The van der Waals surface area contributed by atoms with Crippen LogP contribution in [0, 0.1) is 17.0 Å². The van der Waals surface area contributed by atoms with Crippen molar-refractivity contribution in [2.45, 2.75) is 6.92 Å². The van der Waals surface area contributed by atoms with Crippen LogP contribution in [0.25, 0.3) is 17.5 Å². The lowest BCUT2D eigenvalue weighted by atomic mass is 10.2. The number of carbonyl (C=O) groups excluding carboxylic acids is 1. The van der Waals surface area contributed by atoms with Crippen molar-refractivity contribution in [3.8, 4) is 11.4 Å². The SMILES string of the molecule is Cc1ccccc1NNC(=O)/C=C/c1cnc(-c2cccc([N+](=O)[O-])c2)nc1. The Morgan fingerprint density at radius 1 is 1.11 bits per heavy atom. The Balaban J connectivity index is 1.62. The molecular formula is C20H17N5O3. The molecule has 2 aromatic carbocycles. The molecule has 3 aromatic rings. The zero-order valence-corrected chi connectivity index (χ0v) is 15.0. The van der Waals surface area contributed by atoms with E-state index in [1.165, 1.54) is 18.2 Å². The molecule has 8 heteroatoms. The minimum Gasteiger partial charge on any atom is -0.298 e. The summed E-state index contributed by atoms with van der Waals surface area (Å²) in [7, 11) is 0. The van der Waals surface area contributed by atoms with Crippen molar-refractivity contribution >= 4 is 23.4 Å². The van der Waals surface area contributed by atoms with Crippen LogP contribution in [0.2, 0.25) is 0 Å². The van der Waals surface area contributed by atoms with Crippen molar-refractivity contribution in [3.05, 3.63) is 88.2 Å². The number of nitro benzene ring substituents is 1. The second kappa shape index (κ2) is 8.54. The maximum absolute atomic E-state index is 11.9. The van der Waals surface area contributed by atoms with Gasteiger partial charge in [0.1, 0.15) is 0 Å². The van der Waals surface area contributed by atoms with Crippen molar-refractivity contribution in [1.82, 2.24) is 15.4 Å². The highest BCUT2D eigenvalue weighted by atomic mass is 16.6. The first-order valence-corrected chi connectivity index (χ1v) is 8.39. The molecule has 0 aliphatic heterocycles. The summed E-state index contributed by atoms with van der Waals surface area (Å²) in [6.45, 7) is 1.94. The highest BCUT2D eigenvalue weighted by Gasteiger charge is 2.08. The summed E-state index contributed by atoms with van der Waals surface area (Å²) in [6.07, 6.45) is 6.02. The molecule has 1 aromatic heterocycles. The smallest absolute Gasteiger partial charge is 0.270 e. The van der Waals surface area contributed by atoms with Crippen molar-refractivity contribution in [3.63, 3.8) is 0 Å². The van der Waals surface area contributed by atoms with E-state index in [0.29, 0.717) is 17.0 Å². The van der Waals surface area contributed by atoms with E-state index in [1.807, 2.05) is 31.2 Å². The monoisotopic (exact) mass is 375 g/mol. The Bertz CT molecular complexity index is 1030. The maximum Gasteiger partial charge on any atom is 0.270 e. The Morgan fingerprint density at radius 2 is 1.86 bits per heavy atom. The number of hydrogen-bond acceptors (Lipinski definition) is 6. The third-order valence-corrected chi connectivity index (χ3v) is 3.88. The van der Waals surface area contributed by atoms with Crippen LogP contribution in [0.1, 0.15) is 11.1 Å². The molecule has 140 valence electrons. The Morgan fingerprint density at radius 3 is 2.57 bits per heavy atom. The van der Waals surface area contributed by atoms with E-state index >= 15 is 0 Å². The van der Waals surface area contributed by atoms with Gasteiger partial charge in [0.05, 0.1) is 10.6 Å². The number of aromatic nitrogens is 2. The van der Waals surface area contributed by atoms with Crippen LogP contribution in [-0.2, 0) is 4.79 Å². The average Bonchev–Trinajstić information content (AvgIpc) is 2.72. The van der Waals surface area contributed by atoms with Crippen LogP contribution in [0.5, 0.6) is 0 Å². The summed E-state index contributed by atoms with van der Waals surface area (Å²) in [5.74, 6) is 0.0394. The topological polar surface area (TPSA) is 110 Å². The normalized spacial score (nSPS) is 10.6. The molecule has 0 saturated heterocycles. The lowest BCUT2D eigenvalue weighted by Crippen LogP contribution is -2.27. The van der Waals surface area contributed by atoms with Gasteiger partial charge in [-0.1, -0.05) is 30.3 Å². The summed E-state index contributed by atoms with van der Waals surface area (Å²) < 4.78 is 0. The summed E-state index contributed by atoms with van der Waals surface area (Å²) >= 11 is 0. The molecule has 0 aliphatic rings. The first-order chi connectivity index (χ1) is 13.5. The molecule has 3 rings (SSSR count). The number of non-ortho nitro benzene ring substituents is 1. The molecule has 0 radical (unpaired) electrons. The van der Waals surface area contributed by atoms with Gasteiger partial charge < -0.3 is 0 Å². The second-order valence-electron chi connectivity index (χ2n) is 5.91. The van der Waals surface area contributed by atoms with Gasteiger partial charge in [0, 0.05) is 41.7 Å². The van der Waals surface area contributed by atoms with Crippen molar-refractivity contribution in [2.24, 2.45) is 0 Å². The molecule has 2 N–H and O–H groups in total. The lowest BCUT2D eigenvalue weighted by molar-refractivity contribution is -0.384. The highest BCUT2D eigenvalue weighted by molar-refractivity contribution is 5.92. The van der Waals surface area contributed by atoms with Crippen LogP contribution in [0.15, 0.2) is 67.0 Å². The number of nitro groups is 1. The van der Waals surface area contributed by atoms with E-state index in [4.69, 9.17) is 0 Å². The fourth-order valence-electron chi connectivity index (χ4n) is 2.39. The predicted molar refractivity (Wildman–Crippen MR) is 106 cm³/mol. The van der Waals surface area contributed by atoms with Gasteiger partial charge in [-0.15, -0.1) is 0 Å². The Kier molecular flexibility index (Phi) is 5.71. The number of anilines is 1. The molecule has 28 heavy (non-hydrogen) atoms. The van der Waals surface area contributed by atoms with Gasteiger partial charge >= 0.3 is 0 Å². The number of hydrogen-bond donors (Lipinski definition) is 2. The molecule has 0 aliphatic carbocycles. The van der Waals surface area contributed by atoms with Gasteiger partial charge in [0.2, 0.25) is 0 Å². The van der Waals surface area contributed by atoms with E-state index in [0.717, 1.165) is 11.3 Å². The fraction of sp³-hybridized carbons (Fsp3) is 0.0500. The number of hydrazine groups is 1. The van der Waals surface area contributed by atoms with Crippen molar-refractivity contribution < 1.29 is 9.72 Å². The second-order valence-corrected chi connectivity index (χ2v) is 5.91. The number of aryl methyl sites for hydroxylation is 1. The zero-order valence-electron chi connectivity index (χ0n) is 15.0. The van der Waals surface area contributed by atoms with Gasteiger partial charge in [-0.3, -0.25) is 25.8 Å². The van der Waals surface area contributed by atoms with Crippen LogP contribution < -0.4 is 10.9 Å². The minimum atomic E-state index is -0.468. The van der Waals surface area contributed by atoms with Crippen molar-refractivity contribution in [2.75, 3.05) is 5.43 Å². The maximum atomic E-state index is 11.9. The first kappa shape index (κ1) is 18.7. The van der Waals surface area contributed by atoms with Crippen molar-refractivity contribution in [1.29, 1.82) is 0 Å². The third-order valence-electron chi connectivity index (χ3n) is 3.88. The number of nitrogens with zero attached hydrogens (tertiary/aromatic N) is 3. The molecule has 0 spiro atoms. The van der Waals surface area contributed by atoms with Gasteiger partial charge in [0.25, 0.3) is 11.6 Å². The Labute approximate surface area is 161 Å². The quantitative estimate of drug-likeness (QED) is 0.387. The summed E-state index contributed by atoms with van der Waals surface area (Å²) in [5.41, 5.74) is 8.41. The van der Waals surface area contributed by atoms with E-state index in [2.05, 4.69) is 20.8 Å². The summed E-state index contributed by atoms with van der Waals surface area (Å²) in [6, 6.07) is 13.7. The van der Waals surface area contributed by atoms with Crippen LogP contribution in [0.3, 0.4) is 0 Å². The van der Waals surface area contributed by atoms with Gasteiger partial charge in [0.15, 0.2) is 5.82 Å². The Hall–Kier alpha value is -4.07. The number of carbonyl (C=O) groups is 1. The summed E-state index contributed by atoms with van der Waals surface area (Å²) in [4.78, 5) is 30.7. The van der Waals surface area contributed by atoms with E-state index in [9.17, 15) is 14.9 Å². The summed E-state index contributed by atoms with van der Waals surface area (Å²) in [5, 5.41) is 10.9. The number of benzene rings is 2. The molecule has 0 saturated carbocycles. The number of rotatable bonds is 6. The molecule has 8 nitrogen and oxygen atoms in total. The van der Waals surface area contributed by atoms with E-state index in [-0.39, 0.29) is 11.6 Å². The average molecular weight is 375 g/mol. The molecule has 0 fully saturated rings. The third kappa shape index (κ3) is 4.76. The predicted octanol–water partition coefficient (Wildman–Crippen LogP) is 3.52. The molecule has 1 amide bonds. The van der Waals surface area contributed by atoms with Crippen LogP contribution in [-0.4, -0.2) is 20.8 Å². The number of amides is 1. The van der Waals surface area contributed by atoms with Gasteiger partial charge in [-0.05, 0) is 24.6 Å². The lowest BCUT2D eigenvalue weighted by Gasteiger charge is -2.08. The van der Waals surface area contributed by atoms with Crippen LogP contribution in [0.4, 0.5) is 11.4 Å². The molecule has 0 atom stereocenters. The molecule has 0 bridgehead atoms. The number of para-hydroxylation sites is 1. The van der Waals surface area contributed by atoms with Gasteiger partial charge in [-0.25, -0.2) is 9.97 Å². The van der Waals surface area contributed by atoms with Gasteiger partial charge in [-0.2, -0.15) is 0 Å². The largest absolute Gasteiger partial charge is 0.298 e. The number of nitrogens with one attached hydrogen (secondary N) is 2. The van der Waals surface area contributed by atoms with E-state index in [1.54, 1.807) is 30.6 Å². The van der Waals surface area contributed by atoms with Crippen LogP contribution >= 0.6 is 0 Å². The van der Waals surface area contributed by atoms with E-state index < -0.39 is 4.92 Å². The fourth-order valence-corrected chi connectivity index (χ4v) is 2.39. The molecule has 0 unspecified atom stereocenters. The minimum absolute atomic E-state index is 0.0251. The molecular weight excluding hydrogens is 358 g/mol. The standard InChI is InChI=1S/C20H17N5O3/c1-14-5-2-3-8-18(14)23-24-19(26)10-9-15-12-21-20(22-13-15)16-6-4-7-17(11-16)25(27)28/h2-13,23H,1H3,(H,24,26)/b10-9+. The zero-order chi connectivity index (χ0) is 19.9. The molecule has 1 heterocycles. The highest BCUT2D eigenvalue weighted by Crippen LogP contribution is 2.20.